The number of pyridine rings is 1. The summed E-state index contributed by atoms with van der Waals surface area (Å²) < 4.78 is 5.59. The lowest BCUT2D eigenvalue weighted by Gasteiger charge is -2.17. The van der Waals surface area contributed by atoms with Crippen LogP contribution >= 0.6 is 0 Å². The molecule has 0 radical (unpaired) electrons. The van der Waals surface area contributed by atoms with E-state index in [0.29, 0.717) is 12.4 Å². The lowest BCUT2D eigenvalue weighted by atomic mass is 10.1. The molecule has 1 aromatic heterocycles. The molecular weight excluding hydrogens is 242 g/mol. The molecule has 1 rings (SSSR count). The zero-order valence-corrected chi connectivity index (χ0v) is 12.0. The van der Waals surface area contributed by atoms with E-state index in [0.717, 1.165) is 5.56 Å². The van der Waals surface area contributed by atoms with E-state index in [1.807, 2.05) is 39.8 Å². The smallest absolute Gasteiger partial charge is 0.237 e. The van der Waals surface area contributed by atoms with Crippen LogP contribution in [0.3, 0.4) is 0 Å². The predicted octanol–water partition coefficient (Wildman–Crippen LogP) is 1.47. The topological polar surface area (TPSA) is 77.2 Å². The first-order valence-corrected chi connectivity index (χ1v) is 6.55. The highest BCUT2D eigenvalue weighted by Crippen LogP contribution is 2.15. The van der Waals surface area contributed by atoms with Gasteiger partial charge in [0, 0.05) is 18.3 Å². The van der Waals surface area contributed by atoms with Gasteiger partial charge in [-0.3, -0.25) is 4.79 Å². The Kier molecular flexibility index (Phi) is 5.76. The van der Waals surface area contributed by atoms with Gasteiger partial charge < -0.3 is 15.8 Å². The second-order valence-corrected chi connectivity index (χ2v) is 5.12. The molecule has 0 fully saturated rings. The Morgan fingerprint density at radius 3 is 2.68 bits per heavy atom. The van der Waals surface area contributed by atoms with Crippen molar-refractivity contribution in [1.29, 1.82) is 0 Å². The van der Waals surface area contributed by atoms with Crippen LogP contribution in [-0.2, 0) is 11.3 Å². The first-order valence-electron chi connectivity index (χ1n) is 6.55. The summed E-state index contributed by atoms with van der Waals surface area (Å²) in [5, 5.41) is 2.81. The summed E-state index contributed by atoms with van der Waals surface area (Å²) >= 11 is 0. The zero-order valence-electron chi connectivity index (χ0n) is 12.0. The van der Waals surface area contributed by atoms with Gasteiger partial charge in [-0.05, 0) is 25.8 Å². The standard InChI is InChI=1S/C14H23N3O2/c1-9(2)12(15)13(18)17-8-11-6-5-7-16-14(11)19-10(3)4/h5-7,9-10,12H,8,15H2,1-4H3,(H,17,18)/t12-/m1/s1. The second-order valence-electron chi connectivity index (χ2n) is 5.12. The average molecular weight is 265 g/mol. The van der Waals surface area contributed by atoms with Gasteiger partial charge in [0.25, 0.3) is 0 Å². The van der Waals surface area contributed by atoms with E-state index < -0.39 is 6.04 Å². The highest BCUT2D eigenvalue weighted by atomic mass is 16.5. The molecule has 1 aromatic rings. The van der Waals surface area contributed by atoms with Gasteiger partial charge in [-0.25, -0.2) is 4.98 Å². The molecule has 0 bridgehead atoms. The largest absolute Gasteiger partial charge is 0.475 e. The summed E-state index contributed by atoms with van der Waals surface area (Å²) in [5.74, 6) is 0.505. The van der Waals surface area contributed by atoms with Crippen LogP contribution in [0.15, 0.2) is 18.3 Å². The molecule has 5 nitrogen and oxygen atoms in total. The van der Waals surface area contributed by atoms with E-state index in [-0.39, 0.29) is 17.9 Å². The molecule has 0 unspecified atom stereocenters. The Balaban J connectivity index is 2.65. The van der Waals surface area contributed by atoms with Crippen molar-refractivity contribution in [2.75, 3.05) is 0 Å². The number of hydrogen-bond acceptors (Lipinski definition) is 4. The van der Waals surface area contributed by atoms with Gasteiger partial charge in [0.1, 0.15) is 0 Å². The minimum atomic E-state index is -0.494. The van der Waals surface area contributed by atoms with Gasteiger partial charge in [0.15, 0.2) is 0 Å². The van der Waals surface area contributed by atoms with Crippen LogP contribution in [0.25, 0.3) is 0 Å². The first kappa shape index (κ1) is 15.4. The highest BCUT2D eigenvalue weighted by Gasteiger charge is 2.17. The molecule has 3 N–H and O–H groups in total. The van der Waals surface area contributed by atoms with Crippen molar-refractivity contribution in [3.05, 3.63) is 23.9 Å². The van der Waals surface area contributed by atoms with E-state index in [9.17, 15) is 4.79 Å². The molecule has 1 amide bonds. The molecule has 0 saturated heterocycles. The Morgan fingerprint density at radius 1 is 1.42 bits per heavy atom. The van der Waals surface area contributed by atoms with Crippen molar-refractivity contribution in [3.8, 4) is 5.88 Å². The molecule has 5 heteroatoms. The minimum Gasteiger partial charge on any atom is -0.475 e. The molecule has 0 aliphatic carbocycles. The Labute approximate surface area is 114 Å². The van der Waals surface area contributed by atoms with E-state index >= 15 is 0 Å². The summed E-state index contributed by atoms with van der Waals surface area (Å²) in [4.78, 5) is 16.0. The summed E-state index contributed by atoms with van der Waals surface area (Å²) in [6.07, 6.45) is 1.71. The number of carbonyl (C=O) groups excluding carboxylic acids is 1. The molecule has 0 saturated carbocycles. The van der Waals surface area contributed by atoms with Crippen LogP contribution in [-0.4, -0.2) is 23.0 Å². The van der Waals surface area contributed by atoms with Gasteiger partial charge in [-0.15, -0.1) is 0 Å². The van der Waals surface area contributed by atoms with Gasteiger partial charge >= 0.3 is 0 Å². The maximum Gasteiger partial charge on any atom is 0.237 e. The molecule has 0 aliphatic rings. The van der Waals surface area contributed by atoms with E-state index in [2.05, 4.69) is 10.3 Å². The molecule has 1 atom stereocenters. The minimum absolute atomic E-state index is 0.0438. The molecule has 0 aromatic carbocycles. The number of nitrogens with one attached hydrogen (secondary N) is 1. The highest BCUT2D eigenvalue weighted by molar-refractivity contribution is 5.81. The number of aromatic nitrogens is 1. The molecule has 19 heavy (non-hydrogen) atoms. The summed E-state index contributed by atoms with van der Waals surface area (Å²) in [7, 11) is 0. The van der Waals surface area contributed by atoms with Crippen LogP contribution in [0.4, 0.5) is 0 Å². The third-order valence-corrected chi connectivity index (χ3v) is 2.67. The van der Waals surface area contributed by atoms with Crippen LogP contribution in [0.2, 0.25) is 0 Å². The van der Waals surface area contributed by atoms with Crippen LogP contribution in [0, 0.1) is 5.92 Å². The maximum absolute atomic E-state index is 11.8. The fourth-order valence-corrected chi connectivity index (χ4v) is 1.49. The van der Waals surface area contributed by atoms with E-state index in [1.54, 1.807) is 6.20 Å². The summed E-state index contributed by atoms with van der Waals surface area (Å²) in [6.45, 7) is 8.08. The van der Waals surface area contributed by atoms with E-state index in [1.165, 1.54) is 0 Å². The van der Waals surface area contributed by atoms with Crippen LogP contribution in [0.1, 0.15) is 33.3 Å². The van der Waals surface area contributed by atoms with Crippen molar-refractivity contribution >= 4 is 5.91 Å². The van der Waals surface area contributed by atoms with Gasteiger partial charge in [-0.2, -0.15) is 0 Å². The molecule has 0 aliphatic heterocycles. The van der Waals surface area contributed by atoms with Crippen molar-refractivity contribution < 1.29 is 9.53 Å². The molecular formula is C14H23N3O2. The van der Waals surface area contributed by atoms with Crippen molar-refractivity contribution in [2.45, 2.75) is 46.4 Å². The third-order valence-electron chi connectivity index (χ3n) is 2.67. The average Bonchev–Trinajstić information content (AvgIpc) is 2.35. The second kappa shape index (κ2) is 7.09. The predicted molar refractivity (Wildman–Crippen MR) is 74.7 cm³/mol. The van der Waals surface area contributed by atoms with Gasteiger partial charge in [0.2, 0.25) is 11.8 Å². The van der Waals surface area contributed by atoms with Crippen LogP contribution < -0.4 is 15.8 Å². The molecule has 0 spiro atoms. The Morgan fingerprint density at radius 2 is 2.11 bits per heavy atom. The Hall–Kier alpha value is -1.62. The number of amides is 1. The zero-order chi connectivity index (χ0) is 14.4. The SMILES string of the molecule is CC(C)Oc1ncccc1CNC(=O)[C@H](N)C(C)C. The fourth-order valence-electron chi connectivity index (χ4n) is 1.49. The third kappa shape index (κ3) is 4.87. The van der Waals surface area contributed by atoms with Crippen molar-refractivity contribution in [3.63, 3.8) is 0 Å². The van der Waals surface area contributed by atoms with Crippen molar-refractivity contribution in [2.24, 2.45) is 11.7 Å². The number of rotatable bonds is 6. The van der Waals surface area contributed by atoms with E-state index in [4.69, 9.17) is 10.5 Å². The monoisotopic (exact) mass is 265 g/mol. The lowest BCUT2D eigenvalue weighted by Crippen LogP contribution is -2.43. The molecule has 1 heterocycles. The molecule has 106 valence electrons. The fraction of sp³-hybridized carbons (Fsp3) is 0.571. The number of nitrogens with two attached hydrogens (primary N) is 1. The van der Waals surface area contributed by atoms with Gasteiger partial charge in [0.05, 0.1) is 12.1 Å². The van der Waals surface area contributed by atoms with Crippen LogP contribution in [0.5, 0.6) is 5.88 Å². The number of hydrogen-bond donors (Lipinski definition) is 2. The lowest BCUT2D eigenvalue weighted by molar-refractivity contribution is -0.123. The first-order chi connectivity index (χ1) is 8.91. The maximum atomic E-state index is 11.8. The quantitative estimate of drug-likeness (QED) is 0.816. The number of carbonyl (C=O) groups is 1. The Bertz CT molecular complexity index is 419. The summed E-state index contributed by atoms with van der Waals surface area (Å²) in [6, 6.07) is 3.20. The normalized spacial score (nSPS) is 12.6. The number of nitrogens with zero attached hydrogens (tertiary/aromatic N) is 1. The summed E-state index contributed by atoms with van der Waals surface area (Å²) in [5.41, 5.74) is 6.63. The van der Waals surface area contributed by atoms with Gasteiger partial charge in [-0.1, -0.05) is 19.9 Å². The number of ether oxygens (including phenoxy) is 1. The van der Waals surface area contributed by atoms with Crippen molar-refractivity contribution in [1.82, 2.24) is 10.3 Å².